The zero-order valence-electron chi connectivity index (χ0n) is 14.1. The van der Waals surface area contributed by atoms with Crippen LogP contribution in [0.3, 0.4) is 0 Å². The van der Waals surface area contributed by atoms with Gasteiger partial charge in [0.05, 0.1) is 5.69 Å². The molecule has 0 radical (unpaired) electrons. The van der Waals surface area contributed by atoms with Crippen molar-refractivity contribution in [1.29, 1.82) is 0 Å². The minimum absolute atomic E-state index is 0.121. The molecule has 2 N–H and O–H groups in total. The highest BCUT2D eigenvalue weighted by Gasteiger charge is 2.23. The summed E-state index contributed by atoms with van der Waals surface area (Å²) in [5.74, 6) is -0.0765. The molecule has 1 saturated heterocycles. The van der Waals surface area contributed by atoms with E-state index in [4.69, 9.17) is 5.73 Å². The average Bonchev–Trinajstić information content (AvgIpc) is 2.92. The number of halogens is 1. The van der Waals surface area contributed by atoms with E-state index in [0.717, 1.165) is 24.2 Å². The number of hydrogen-bond donors (Lipinski definition) is 1. The molecule has 24 heavy (non-hydrogen) atoms. The first-order valence-corrected chi connectivity index (χ1v) is 8.32. The number of carbonyl (C=O) groups excluding carboxylic acids is 1. The molecule has 0 saturated carbocycles. The number of piperidine rings is 1. The zero-order chi connectivity index (χ0) is 17.3. The number of benzene rings is 1. The van der Waals surface area contributed by atoms with E-state index in [0.29, 0.717) is 36.8 Å². The van der Waals surface area contributed by atoms with Crippen molar-refractivity contribution in [1.82, 2.24) is 14.7 Å². The van der Waals surface area contributed by atoms with Gasteiger partial charge in [-0.25, -0.2) is 9.07 Å². The standard InChI is InChI=1S/C18H23FN4O/c1-12-9-13(2)23(21-12)17-4-3-15(10-16(17)19)18(24)22-7-5-14(11-20)6-8-22/h3-4,9-10,14H,5-8,11,20H2,1-2H3. The Hall–Kier alpha value is -2.21. The van der Waals surface area contributed by atoms with E-state index in [-0.39, 0.29) is 5.91 Å². The summed E-state index contributed by atoms with van der Waals surface area (Å²) < 4.78 is 16.1. The highest BCUT2D eigenvalue weighted by atomic mass is 19.1. The summed E-state index contributed by atoms with van der Waals surface area (Å²) in [7, 11) is 0. The van der Waals surface area contributed by atoms with Crippen LogP contribution in [0.4, 0.5) is 4.39 Å². The van der Waals surface area contributed by atoms with Crippen molar-refractivity contribution < 1.29 is 9.18 Å². The Labute approximate surface area is 141 Å². The van der Waals surface area contributed by atoms with E-state index in [2.05, 4.69) is 5.10 Å². The summed E-state index contributed by atoms with van der Waals surface area (Å²) in [6, 6.07) is 6.49. The second kappa shape index (κ2) is 6.73. The van der Waals surface area contributed by atoms with Gasteiger partial charge >= 0.3 is 0 Å². The van der Waals surface area contributed by atoms with Crippen LogP contribution < -0.4 is 5.73 Å². The van der Waals surface area contributed by atoms with Gasteiger partial charge in [-0.05, 0) is 63.4 Å². The third kappa shape index (κ3) is 3.19. The molecule has 0 bridgehead atoms. The number of nitrogens with zero attached hydrogens (tertiary/aromatic N) is 3. The van der Waals surface area contributed by atoms with Crippen molar-refractivity contribution in [3.63, 3.8) is 0 Å². The molecule has 0 aliphatic carbocycles. The van der Waals surface area contributed by atoms with Crippen molar-refractivity contribution in [3.8, 4) is 5.69 Å². The molecule has 1 fully saturated rings. The van der Waals surface area contributed by atoms with Crippen molar-refractivity contribution in [3.05, 3.63) is 47.0 Å². The number of carbonyl (C=O) groups is 1. The molecule has 3 rings (SSSR count). The van der Waals surface area contributed by atoms with Crippen LogP contribution in [0.2, 0.25) is 0 Å². The van der Waals surface area contributed by atoms with Gasteiger partial charge in [-0.2, -0.15) is 5.10 Å². The van der Waals surface area contributed by atoms with Gasteiger partial charge in [-0.1, -0.05) is 0 Å². The van der Waals surface area contributed by atoms with Gasteiger partial charge in [0.2, 0.25) is 0 Å². The first kappa shape index (κ1) is 16.6. The number of hydrogen-bond acceptors (Lipinski definition) is 3. The van der Waals surface area contributed by atoms with Gasteiger partial charge in [0.1, 0.15) is 11.5 Å². The molecule has 1 aromatic carbocycles. The summed E-state index contributed by atoms with van der Waals surface area (Å²) in [6.07, 6.45) is 1.82. The molecular formula is C18H23FN4O. The lowest BCUT2D eigenvalue weighted by atomic mass is 9.96. The SMILES string of the molecule is Cc1cc(C)n(-c2ccc(C(=O)N3CCC(CN)CC3)cc2F)n1. The van der Waals surface area contributed by atoms with Crippen molar-refractivity contribution in [2.24, 2.45) is 11.7 Å². The Bertz CT molecular complexity index is 747. The maximum Gasteiger partial charge on any atom is 0.253 e. The van der Waals surface area contributed by atoms with Gasteiger partial charge < -0.3 is 10.6 Å². The number of nitrogens with two attached hydrogens (primary N) is 1. The molecule has 128 valence electrons. The average molecular weight is 330 g/mol. The highest BCUT2D eigenvalue weighted by Crippen LogP contribution is 2.21. The van der Waals surface area contributed by atoms with E-state index < -0.39 is 5.82 Å². The molecule has 5 nitrogen and oxygen atoms in total. The van der Waals surface area contributed by atoms with Gasteiger partial charge in [-0.15, -0.1) is 0 Å². The predicted molar refractivity (Wildman–Crippen MR) is 90.7 cm³/mol. The van der Waals surface area contributed by atoms with Crippen molar-refractivity contribution >= 4 is 5.91 Å². The van der Waals surface area contributed by atoms with E-state index in [9.17, 15) is 9.18 Å². The number of likely N-dealkylation sites (tertiary alicyclic amines) is 1. The third-order valence-corrected chi connectivity index (χ3v) is 4.67. The third-order valence-electron chi connectivity index (χ3n) is 4.67. The lowest BCUT2D eigenvalue weighted by molar-refractivity contribution is 0.0693. The Balaban J connectivity index is 1.80. The molecular weight excluding hydrogens is 307 g/mol. The first-order valence-electron chi connectivity index (χ1n) is 8.32. The minimum atomic E-state index is -0.441. The van der Waals surface area contributed by atoms with Crippen molar-refractivity contribution in [2.75, 3.05) is 19.6 Å². The number of rotatable bonds is 3. The Morgan fingerprint density at radius 3 is 2.54 bits per heavy atom. The van der Waals surface area contributed by atoms with Crippen LogP contribution in [0, 0.1) is 25.6 Å². The second-order valence-electron chi connectivity index (χ2n) is 6.48. The maximum absolute atomic E-state index is 14.5. The first-order chi connectivity index (χ1) is 11.5. The van der Waals surface area contributed by atoms with Crippen LogP contribution in [-0.4, -0.2) is 40.2 Å². The normalized spacial score (nSPS) is 15.8. The number of aromatic nitrogens is 2. The second-order valence-corrected chi connectivity index (χ2v) is 6.48. The van der Waals surface area contributed by atoms with E-state index in [1.165, 1.54) is 6.07 Å². The Morgan fingerprint density at radius 2 is 2.00 bits per heavy atom. The van der Waals surface area contributed by atoms with E-state index >= 15 is 0 Å². The van der Waals surface area contributed by atoms with Crippen LogP contribution in [0.1, 0.15) is 34.6 Å². The van der Waals surface area contributed by atoms with Gasteiger partial charge in [0.15, 0.2) is 0 Å². The molecule has 2 heterocycles. The molecule has 6 heteroatoms. The molecule has 1 aliphatic heterocycles. The minimum Gasteiger partial charge on any atom is -0.339 e. The predicted octanol–water partition coefficient (Wildman–Crippen LogP) is 2.44. The molecule has 1 aromatic heterocycles. The lowest BCUT2D eigenvalue weighted by Gasteiger charge is -2.31. The lowest BCUT2D eigenvalue weighted by Crippen LogP contribution is -2.40. The van der Waals surface area contributed by atoms with Crippen molar-refractivity contribution in [2.45, 2.75) is 26.7 Å². The largest absolute Gasteiger partial charge is 0.339 e. The molecule has 2 aromatic rings. The molecule has 0 spiro atoms. The smallest absolute Gasteiger partial charge is 0.253 e. The topological polar surface area (TPSA) is 64.2 Å². The number of aryl methyl sites for hydroxylation is 2. The van der Waals surface area contributed by atoms with Crippen LogP contribution in [0.5, 0.6) is 0 Å². The monoisotopic (exact) mass is 330 g/mol. The Morgan fingerprint density at radius 1 is 1.29 bits per heavy atom. The summed E-state index contributed by atoms with van der Waals surface area (Å²) in [6.45, 7) is 5.77. The highest BCUT2D eigenvalue weighted by molar-refractivity contribution is 5.94. The zero-order valence-corrected chi connectivity index (χ0v) is 14.1. The molecule has 1 aliphatic rings. The fraction of sp³-hybridized carbons (Fsp3) is 0.444. The Kier molecular flexibility index (Phi) is 4.66. The van der Waals surface area contributed by atoms with Crippen LogP contribution in [0.25, 0.3) is 5.69 Å². The van der Waals surface area contributed by atoms with Gasteiger partial charge in [-0.3, -0.25) is 4.79 Å². The summed E-state index contributed by atoms with van der Waals surface area (Å²) in [5, 5.41) is 4.29. The van der Waals surface area contributed by atoms with Crippen LogP contribution in [-0.2, 0) is 0 Å². The molecule has 1 amide bonds. The summed E-state index contributed by atoms with van der Waals surface area (Å²) in [4.78, 5) is 14.4. The quantitative estimate of drug-likeness (QED) is 0.940. The molecule has 0 unspecified atom stereocenters. The fourth-order valence-corrected chi connectivity index (χ4v) is 3.24. The van der Waals surface area contributed by atoms with Crippen LogP contribution in [0.15, 0.2) is 24.3 Å². The van der Waals surface area contributed by atoms with E-state index in [1.54, 1.807) is 21.7 Å². The van der Waals surface area contributed by atoms with Gasteiger partial charge in [0.25, 0.3) is 5.91 Å². The van der Waals surface area contributed by atoms with E-state index in [1.807, 2.05) is 19.9 Å². The van der Waals surface area contributed by atoms with Gasteiger partial charge in [0, 0.05) is 24.3 Å². The summed E-state index contributed by atoms with van der Waals surface area (Å²) in [5.41, 5.74) is 8.10. The van der Waals surface area contributed by atoms with Crippen LogP contribution >= 0.6 is 0 Å². The number of amides is 1. The maximum atomic E-state index is 14.5. The fourth-order valence-electron chi connectivity index (χ4n) is 3.24. The summed E-state index contributed by atoms with van der Waals surface area (Å²) >= 11 is 0. The molecule has 0 atom stereocenters.